The number of hydrogen-bond donors (Lipinski definition) is 1. The second-order valence-corrected chi connectivity index (χ2v) is 1.58. The quantitative estimate of drug-likeness (QED) is 0.323. The summed E-state index contributed by atoms with van der Waals surface area (Å²) in [5.74, 6) is 0.326. The van der Waals surface area contributed by atoms with Gasteiger partial charge in [-0.1, -0.05) is 19.0 Å². The third-order valence-electron chi connectivity index (χ3n) is 0.406. The van der Waals surface area contributed by atoms with Crippen LogP contribution in [0.4, 0.5) is 0 Å². The molecule has 0 spiro atoms. The van der Waals surface area contributed by atoms with Gasteiger partial charge in [0.25, 0.3) is 0 Å². The van der Waals surface area contributed by atoms with E-state index >= 15 is 0 Å². The Labute approximate surface area is 42.5 Å². The van der Waals surface area contributed by atoms with Crippen LogP contribution in [0.2, 0.25) is 0 Å². The summed E-state index contributed by atoms with van der Waals surface area (Å²) in [5, 5.41) is 10.7. The van der Waals surface area contributed by atoms with Crippen LogP contribution >= 0.6 is 0 Å². The number of hydrogen-bond acceptors (Lipinski definition) is 3. The van der Waals surface area contributed by atoms with Crippen molar-refractivity contribution in [1.82, 2.24) is 0 Å². The molecule has 0 atom stereocenters. The van der Waals surface area contributed by atoms with E-state index in [4.69, 9.17) is 5.26 Å². The van der Waals surface area contributed by atoms with Gasteiger partial charge in [0.05, 0.1) is 6.21 Å². The third kappa shape index (κ3) is 5.43. The fraction of sp³-hybridized carbons (Fsp3) is 0.750. The maximum absolute atomic E-state index is 7.62. The molecule has 0 saturated carbocycles. The molecule has 0 aliphatic carbocycles. The smallest absolute Gasteiger partial charge is 0.0502 e. The maximum Gasteiger partial charge on any atom is 0.0502 e. The fourth-order valence-electron chi connectivity index (χ4n) is 0.149. The monoisotopic (exact) mass is 103 g/mol. The molecule has 0 aromatic heterocycles. The summed E-state index contributed by atoms with van der Waals surface area (Å²) in [6.45, 7) is 3.87. The van der Waals surface area contributed by atoms with Gasteiger partial charge in [-0.05, 0) is 5.92 Å². The minimum Gasteiger partial charge on any atom is -0.224 e. The molecule has 3 nitrogen and oxygen atoms in total. The van der Waals surface area contributed by atoms with E-state index in [0.29, 0.717) is 5.92 Å². The van der Waals surface area contributed by atoms with Gasteiger partial charge in [-0.3, -0.25) is 0 Å². The zero-order valence-electron chi connectivity index (χ0n) is 4.46. The summed E-state index contributed by atoms with van der Waals surface area (Å²) in [7, 11) is 0. The van der Waals surface area contributed by atoms with E-state index in [1.54, 1.807) is 0 Å². The Morgan fingerprint density at radius 3 is 2.43 bits per heavy atom. The van der Waals surface area contributed by atoms with Gasteiger partial charge in [-0.25, -0.2) is 4.99 Å². The van der Waals surface area contributed by atoms with E-state index in [1.165, 1.54) is 6.21 Å². The lowest BCUT2D eigenvalue weighted by atomic mass is 10.3. The molecule has 0 radical (unpaired) electrons. The molecule has 0 bridgehead atoms. The van der Waals surface area contributed by atoms with Crippen LogP contribution < -0.4 is 0 Å². The van der Waals surface area contributed by atoms with Crippen LogP contribution in [0.25, 0.3) is 0 Å². The summed E-state index contributed by atoms with van der Waals surface area (Å²) < 4.78 is 0. The summed E-state index contributed by atoms with van der Waals surface area (Å²) in [6, 6.07) is 0. The van der Waals surface area contributed by atoms with Crippen LogP contribution in [-0.4, -0.2) is 11.5 Å². The van der Waals surface area contributed by atoms with E-state index in [1.807, 2.05) is 13.8 Å². The van der Waals surface area contributed by atoms with Gasteiger partial charge in [-0.15, -0.1) is 0 Å². The minimum absolute atomic E-state index is 0.326. The largest absolute Gasteiger partial charge is 0.224 e. The first-order valence-corrected chi connectivity index (χ1v) is 2.11. The molecule has 0 rings (SSSR count). The average Bonchev–Trinajstić information content (AvgIpc) is 1.61. The topological polar surface area (TPSA) is 41.8 Å². The zero-order valence-corrected chi connectivity index (χ0v) is 4.46. The standard InChI is InChI=1S/C4H9NO2/c1-4(2)3-5-7-6/h3-4,6H,1-2H3/b5-3+. The van der Waals surface area contributed by atoms with Gasteiger partial charge in [0.15, 0.2) is 0 Å². The Balaban J connectivity index is 3.08. The Morgan fingerprint density at radius 1 is 1.71 bits per heavy atom. The van der Waals surface area contributed by atoms with Crippen LogP contribution in [0.5, 0.6) is 0 Å². The van der Waals surface area contributed by atoms with E-state index in [-0.39, 0.29) is 0 Å². The first kappa shape index (κ1) is 6.43. The van der Waals surface area contributed by atoms with Crippen molar-refractivity contribution in [2.24, 2.45) is 11.1 Å². The van der Waals surface area contributed by atoms with Crippen molar-refractivity contribution in [3.05, 3.63) is 0 Å². The number of oxime groups is 1. The van der Waals surface area contributed by atoms with Crippen LogP contribution in [0.15, 0.2) is 5.16 Å². The maximum atomic E-state index is 7.62. The number of nitrogens with zero attached hydrogens (tertiary/aromatic N) is 1. The summed E-state index contributed by atoms with van der Waals surface area (Å²) in [4.78, 5) is 3.42. The predicted octanol–water partition coefficient (Wildman–Crippen LogP) is 1.12. The van der Waals surface area contributed by atoms with Crippen molar-refractivity contribution in [2.75, 3.05) is 0 Å². The summed E-state index contributed by atoms with van der Waals surface area (Å²) >= 11 is 0. The van der Waals surface area contributed by atoms with Crippen LogP contribution in [-0.2, 0) is 4.99 Å². The van der Waals surface area contributed by atoms with Crippen LogP contribution in [0.3, 0.4) is 0 Å². The third-order valence-corrected chi connectivity index (χ3v) is 0.406. The van der Waals surface area contributed by atoms with Crippen molar-refractivity contribution in [3.8, 4) is 0 Å². The molecule has 0 aliphatic rings. The van der Waals surface area contributed by atoms with Crippen molar-refractivity contribution >= 4 is 6.21 Å². The fourth-order valence-corrected chi connectivity index (χ4v) is 0.149. The summed E-state index contributed by atoms with van der Waals surface area (Å²) in [6.07, 6.45) is 1.50. The molecule has 0 aromatic carbocycles. The number of rotatable bonds is 2. The molecule has 0 unspecified atom stereocenters. The van der Waals surface area contributed by atoms with Crippen molar-refractivity contribution in [1.29, 1.82) is 0 Å². The lowest BCUT2D eigenvalue weighted by Crippen LogP contribution is -1.86. The van der Waals surface area contributed by atoms with Gasteiger partial charge in [0.1, 0.15) is 0 Å². The normalized spacial score (nSPS) is 10.9. The molecule has 1 N–H and O–H groups in total. The molecular weight excluding hydrogens is 94.0 g/mol. The second-order valence-electron chi connectivity index (χ2n) is 1.58. The summed E-state index contributed by atoms with van der Waals surface area (Å²) in [5.41, 5.74) is 0. The van der Waals surface area contributed by atoms with Gasteiger partial charge < -0.3 is 0 Å². The molecule has 0 aromatic rings. The van der Waals surface area contributed by atoms with E-state index in [2.05, 4.69) is 10.1 Å². The van der Waals surface area contributed by atoms with Crippen LogP contribution in [0, 0.1) is 5.92 Å². The van der Waals surface area contributed by atoms with E-state index < -0.39 is 0 Å². The Bertz CT molecular complexity index is 60.7. The molecule has 0 fully saturated rings. The zero-order chi connectivity index (χ0) is 5.70. The first-order chi connectivity index (χ1) is 3.27. The molecule has 0 heterocycles. The molecule has 3 heteroatoms. The van der Waals surface area contributed by atoms with Gasteiger partial charge in [0, 0.05) is 0 Å². The molecule has 7 heavy (non-hydrogen) atoms. The lowest BCUT2D eigenvalue weighted by Gasteiger charge is -1.86. The van der Waals surface area contributed by atoms with Crippen molar-refractivity contribution < 1.29 is 10.2 Å². The SMILES string of the molecule is CC(C)/C=N/OO. The highest BCUT2D eigenvalue weighted by Gasteiger charge is 1.81. The minimum atomic E-state index is 0.326. The van der Waals surface area contributed by atoms with Gasteiger partial charge in [0.2, 0.25) is 0 Å². The Morgan fingerprint density at radius 2 is 2.29 bits per heavy atom. The molecule has 0 saturated heterocycles. The van der Waals surface area contributed by atoms with E-state index in [0.717, 1.165) is 0 Å². The molecule has 0 amide bonds. The average molecular weight is 103 g/mol. The van der Waals surface area contributed by atoms with Crippen molar-refractivity contribution in [2.45, 2.75) is 13.8 Å². The van der Waals surface area contributed by atoms with Crippen molar-refractivity contribution in [3.63, 3.8) is 0 Å². The molecular formula is C4H9NO2. The Hall–Kier alpha value is -0.570. The highest BCUT2D eigenvalue weighted by atomic mass is 17.2. The highest BCUT2D eigenvalue weighted by molar-refractivity contribution is 5.58. The lowest BCUT2D eigenvalue weighted by molar-refractivity contribution is -0.242. The Kier molecular flexibility index (Phi) is 3.32. The highest BCUT2D eigenvalue weighted by Crippen LogP contribution is 1.83. The molecule has 42 valence electrons. The predicted molar refractivity (Wildman–Crippen MR) is 27.0 cm³/mol. The van der Waals surface area contributed by atoms with Crippen LogP contribution in [0.1, 0.15) is 13.8 Å². The second kappa shape index (κ2) is 3.61. The van der Waals surface area contributed by atoms with Gasteiger partial charge >= 0.3 is 0 Å². The first-order valence-electron chi connectivity index (χ1n) is 2.11. The van der Waals surface area contributed by atoms with E-state index in [9.17, 15) is 0 Å². The molecule has 0 aliphatic heterocycles. The van der Waals surface area contributed by atoms with Gasteiger partial charge in [-0.2, -0.15) is 5.26 Å².